The Morgan fingerprint density at radius 3 is 2.82 bits per heavy atom. The van der Waals surface area contributed by atoms with Gasteiger partial charge >= 0.3 is 0 Å². The Morgan fingerprint density at radius 2 is 2.14 bits per heavy atom. The van der Waals surface area contributed by atoms with E-state index in [0.29, 0.717) is 12.1 Å². The number of aromatic nitrogens is 2. The zero-order chi connectivity index (χ0) is 15.6. The summed E-state index contributed by atoms with van der Waals surface area (Å²) in [5.41, 5.74) is 1.83. The van der Waals surface area contributed by atoms with Crippen molar-refractivity contribution in [1.29, 1.82) is 0 Å². The van der Waals surface area contributed by atoms with E-state index < -0.39 is 0 Å². The van der Waals surface area contributed by atoms with Crippen LogP contribution in [-0.2, 0) is 6.54 Å². The van der Waals surface area contributed by atoms with Gasteiger partial charge in [-0.2, -0.15) is 0 Å². The summed E-state index contributed by atoms with van der Waals surface area (Å²) in [4.78, 5) is 16.0. The number of imidazole rings is 1. The van der Waals surface area contributed by atoms with Crippen molar-refractivity contribution in [2.24, 2.45) is 0 Å². The number of unbranched alkanes of at least 4 members (excludes halogenated alkanes) is 1. The number of nitrogens with one attached hydrogen (secondary N) is 1. The molecule has 1 heterocycles. The topological polar surface area (TPSA) is 46.9 Å². The summed E-state index contributed by atoms with van der Waals surface area (Å²) in [7, 11) is 0. The third-order valence-electron chi connectivity index (χ3n) is 3.38. The lowest BCUT2D eigenvalue weighted by Gasteiger charge is -2.06. The van der Waals surface area contributed by atoms with Crippen molar-refractivity contribution in [1.82, 2.24) is 14.9 Å². The minimum absolute atomic E-state index is 0.0188. The van der Waals surface area contributed by atoms with Crippen LogP contribution >= 0.6 is 0 Å². The van der Waals surface area contributed by atoms with Gasteiger partial charge in [0.05, 0.1) is 6.33 Å². The minimum atomic E-state index is -0.0188. The van der Waals surface area contributed by atoms with Gasteiger partial charge in [-0.3, -0.25) is 4.79 Å². The van der Waals surface area contributed by atoms with Crippen LogP contribution in [0.2, 0.25) is 0 Å². The largest absolute Gasteiger partial charge is 0.352 e. The summed E-state index contributed by atoms with van der Waals surface area (Å²) >= 11 is 0. The quantitative estimate of drug-likeness (QED) is 0.758. The van der Waals surface area contributed by atoms with Crippen molar-refractivity contribution >= 4 is 12.0 Å². The van der Waals surface area contributed by atoms with Crippen molar-refractivity contribution in [3.63, 3.8) is 0 Å². The van der Waals surface area contributed by atoms with E-state index in [0.717, 1.165) is 31.4 Å². The average Bonchev–Trinajstić information content (AvgIpc) is 3.06. The van der Waals surface area contributed by atoms with Gasteiger partial charge in [-0.05, 0) is 30.5 Å². The highest BCUT2D eigenvalue weighted by Gasteiger charge is 2.03. The lowest BCUT2D eigenvalue weighted by molar-refractivity contribution is 0.0952. The van der Waals surface area contributed by atoms with E-state index in [-0.39, 0.29) is 5.91 Å². The molecule has 0 saturated carbocycles. The summed E-state index contributed by atoms with van der Waals surface area (Å²) in [5.74, 6) is -0.0188. The van der Waals surface area contributed by atoms with Crippen molar-refractivity contribution in [2.45, 2.75) is 32.7 Å². The number of rotatable bonds is 8. The number of hydrogen-bond acceptors (Lipinski definition) is 2. The number of carbonyl (C=O) groups is 1. The Balaban J connectivity index is 1.74. The molecule has 2 rings (SSSR count). The molecule has 1 amide bonds. The van der Waals surface area contributed by atoms with Crippen molar-refractivity contribution in [3.05, 3.63) is 60.2 Å². The summed E-state index contributed by atoms with van der Waals surface area (Å²) in [6, 6.07) is 7.70. The van der Waals surface area contributed by atoms with E-state index in [1.165, 1.54) is 0 Å². The fourth-order valence-corrected chi connectivity index (χ4v) is 2.12. The molecule has 0 radical (unpaired) electrons. The van der Waals surface area contributed by atoms with Gasteiger partial charge in [0.2, 0.25) is 0 Å². The highest BCUT2D eigenvalue weighted by Crippen LogP contribution is 2.07. The fourth-order valence-electron chi connectivity index (χ4n) is 2.12. The molecule has 0 bridgehead atoms. The van der Waals surface area contributed by atoms with Crippen LogP contribution in [0.5, 0.6) is 0 Å². The number of carbonyl (C=O) groups excluding carboxylic acids is 1. The average molecular weight is 297 g/mol. The molecule has 0 aliphatic carbocycles. The predicted octanol–water partition coefficient (Wildman–Crippen LogP) is 3.52. The molecule has 0 aliphatic heterocycles. The molecular weight excluding hydrogens is 274 g/mol. The molecule has 4 heteroatoms. The zero-order valence-electron chi connectivity index (χ0n) is 13.0. The maximum Gasteiger partial charge on any atom is 0.251 e. The van der Waals surface area contributed by atoms with E-state index >= 15 is 0 Å². The molecule has 0 saturated heterocycles. The van der Waals surface area contributed by atoms with Gasteiger partial charge in [-0.1, -0.05) is 37.6 Å². The first kappa shape index (κ1) is 16.0. The van der Waals surface area contributed by atoms with Crippen LogP contribution in [0.4, 0.5) is 0 Å². The van der Waals surface area contributed by atoms with Crippen LogP contribution in [0.25, 0.3) is 6.08 Å². The van der Waals surface area contributed by atoms with Crippen molar-refractivity contribution in [2.75, 3.05) is 6.54 Å². The van der Waals surface area contributed by atoms with Crippen LogP contribution < -0.4 is 5.32 Å². The second-order valence-corrected chi connectivity index (χ2v) is 5.22. The Kier molecular flexibility index (Phi) is 6.42. The lowest BCUT2D eigenvalue weighted by Crippen LogP contribution is -2.25. The molecule has 4 nitrogen and oxygen atoms in total. The lowest BCUT2D eigenvalue weighted by atomic mass is 10.1. The van der Waals surface area contributed by atoms with Gasteiger partial charge in [0.1, 0.15) is 0 Å². The maximum absolute atomic E-state index is 12.0. The van der Waals surface area contributed by atoms with E-state index in [4.69, 9.17) is 0 Å². The number of allylic oxidation sites excluding steroid dienone is 1. The molecule has 0 atom stereocenters. The normalized spacial score (nSPS) is 11.0. The molecule has 0 unspecified atom stereocenters. The number of nitrogens with zero attached hydrogens (tertiary/aromatic N) is 2. The second kappa shape index (κ2) is 8.82. The summed E-state index contributed by atoms with van der Waals surface area (Å²) in [6.45, 7) is 3.68. The Labute approximate surface area is 131 Å². The fraction of sp³-hybridized carbons (Fsp3) is 0.333. The first-order valence-corrected chi connectivity index (χ1v) is 7.80. The first-order chi connectivity index (χ1) is 10.8. The van der Waals surface area contributed by atoms with Gasteiger partial charge in [0.15, 0.2) is 0 Å². The molecule has 1 aromatic carbocycles. The van der Waals surface area contributed by atoms with Crippen LogP contribution in [0.1, 0.15) is 42.1 Å². The van der Waals surface area contributed by atoms with Gasteiger partial charge in [-0.15, -0.1) is 0 Å². The van der Waals surface area contributed by atoms with E-state index in [1.807, 2.05) is 35.0 Å². The minimum Gasteiger partial charge on any atom is -0.352 e. The molecular formula is C18H23N3O. The van der Waals surface area contributed by atoms with Gasteiger partial charge < -0.3 is 9.88 Å². The van der Waals surface area contributed by atoms with E-state index in [2.05, 4.69) is 29.4 Å². The molecule has 2 aromatic rings. The van der Waals surface area contributed by atoms with Gasteiger partial charge in [-0.25, -0.2) is 4.98 Å². The van der Waals surface area contributed by atoms with Crippen molar-refractivity contribution in [3.8, 4) is 0 Å². The Bertz CT molecular complexity index is 585. The predicted molar refractivity (Wildman–Crippen MR) is 89.6 cm³/mol. The van der Waals surface area contributed by atoms with Crippen LogP contribution in [0, 0.1) is 0 Å². The summed E-state index contributed by atoms with van der Waals surface area (Å²) < 4.78 is 2.00. The summed E-state index contributed by atoms with van der Waals surface area (Å²) in [5, 5.41) is 2.94. The zero-order valence-corrected chi connectivity index (χ0v) is 13.0. The smallest absolute Gasteiger partial charge is 0.251 e. The highest BCUT2D eigenvalue weighted by molar-refractivity contribution is 5.94. The second-order valence-electron chi connectivity index (χ2n) is 5.22. The SMILES string of the molecule is CCC/C=C/c1ccc(C(=O)NCCCn2ccnc2)cc1. The van der Waals surface area contributed by atoms with E-state index in [1.54, 1.807) is 12.5 Å². The molecule has 0 spiro atoms. The molecule has 116 valence electrons. The van der Waals surface area contributed by atoms with Crippen LogP contribution in [0.15, 0.2) is 49.1 Å². The number of amides is 1. The molecule has 22 heavy (non-hydrogen) atoms. The number of aryl methyl sites for hydroxylation is 1. The van der Waals surface area contributed by atoms with Gasteiger partial charge in [0, 0.05) is 31.0 Å². The highest BCUT2D eigenvalue weighted by atomic mass is 16.1. The molecule has 1 N–H and O–H groups in total. The molecule has 0 fully saturated rings. The standard InChI is InChI=1S/C18H23N3O/c1-2-3-4-6-16-7-9-17(10-8-16)18(22)20-11-5-13-21-14-12-19-15-21/h4,6-10,12,14-15H,2-3,5,11,13H2,1H3,(H,20,22)/b6-4+. The summed E-state index contributed by atoms with van der Waals surface area (Å²) in [6.07, 6.45) is 12.8. The monoisotopic (exact) mass is 297 g/mol. The Hall–Kier alpha value is -2.36. The van der Waals surface area contributed by atoms with E-state index in [9.17, 15) is 4.79 Å². The third kappa shape index (κ3) is 5.20. The van der Waals surface area contributed by atoms with Crippen molar-refractivity contribution < 1.29 is 4.79 Å². The van der Waals surface area contributed by atoms with Gasteiger partial charge in [0.25, 0.3) is 5.91 Å². The maximum atomic E-state index is 12.0. The van der Waals surface area contributed by atoms with Crippen LogP contribution in [-0.4, -0.2) is 22.0 Å². The number of hydrogen-bond donors (Lipinski definition) is 1. The first-order valence-electron chi connectivity index (χ1n) is 7.80. The Morgan fingerprint density at radius 1 is 1.32 bits per heavy atom. The molecule has 1 aromatic heterocycles. The van der Waals surface area contributed by atoms with Crippen LogP contribution in [0.3, 0.4) is 0 Å². The molecule has 0 aliphatic rings. The third-order valence-corrected chi connectivity index (χ3v) is 3.38. The number of benzene rings is 1.